The molecule has 0 atom stereocenters. The summed E-state index contributed by atoms with van der Waals surface area (Å²) in [5.74, 6) is 0.540. The molecule has 2 aliphatic rings. The lowest BCUT2D eigenvalue weighted by Crippen LogP contribution is -2.55. The number of carbonyl (C=O) groups is 1. The van der Waals surface area contributed by atoms with Gasteiger partial charge in [-0.2, -0.15) is 9.37 Å². The lowest BCUT2D eigenvalue weighted by Gasteiger charge is -2.44. The summed E-state index contributed by atoms with van der Waals surface area (Å²) in [6.07, 6.45) is 3.95. The van der Waals surface area contributed by atoms with E-state index in [4.69, 9.17) is 14.2 Å². The first kappa shape index (κ1) is 26.8. The average molecular weight is 541 g/mol. The van der Waals surface area contributed by atoms with Crippen molar-refractivity contribution in [3.63, 3.8) is 0 Å². The van der Waals surface area contributed by atoms with Crippen molar-refractivity contribution in [1.29, 1.82) is 0 Å². The quantitative estimate of drug-likeness (QED) is 0.436. The molecule has 3 aromatic heterocycles. The van der Waals surface area contributed by atoms with Crippen molar-refractivity contribution in [2.45, 2.75) is 58.3 Å². The molecule has 0 aliphatic carbocycles. The first-order valence-electron chi connectivity index (χ1n) is 13.1. The van der Waals surface area contributed by atoms with E-state index in [1.165, 1.54) is 22.9 Å². The summed E-state index contributed by atoms with van der Waals surface area (Å²) in [6, 6.07) is 4.49. The van der Waals surface area contributed by atoms with Crippen molar-refractivity contribution in [1.82, 2.24) is 29.3 Å². The largest absolute Gasteiger partial charge is 0.486 e. The second-order valence-electron chi connectivity index (χ2n) is 10.7. The Bertz CT molecular complexity index is 1400. The Morgan fingerprint density at radius 3 is 2.59 bits per heavy atom. The maximum Gasteiger partial charge on any atom is 0.410 e. The summed E-state index contributed by atoms with van der Waals surface area (Å²) < 4.78 is 32.0. The molecular weight excluding hydrogens is 507 g/mol. The number of halogens is 1. The molecule has 12 heteroatoms. The van der Waals surface area contributed by atoms with Gasteiger partial charge in [0.2, 0.25) is 5.95 Å². The molecule has 0 spiro atoms. The van der Waals surface area contributed by atoms with Crippen molar-refractivity contribution in [3.05, 3.63) is 52.6 Å². The molecule has 39 heavy (non-hydrogen) atoms. The smallest absolute Gasteiger partial charge is 0.410 e. The van der Waals surface area contributed by atoms with E-state index in [0.717, 1.165) is 25.9 Å². The molecule has 0 radical (unpaired) electrons. The van der Waals surface area contributed by atoms with Gasteiger partial charge in [-0.05, 0) is 45.7 Å². The summed E-state index contributed by atoms with van der Waals surface area (Å²) >= 11 is 0. The molecule has 1 saturated heterocycles. The SMILES string of the molecule is CC(C)(C)N(C(=O)OCc1cc2c(cn1)OCCO2)C1CCN(CCn2c(=O)cnc3ccc(F)nc32)CC1. The Morgan fingerprint density at radius 1 is 1.10 bits per heavy atom. The number of ether oxygens (including phenoxy) is 3. The van der Waals surface area contributed by atoms with Crippen LogP contribution in [0.3, 0.4) is 0 Å². The number of aromatic nitrogens is 4. The van der Waals surface area contributed by atoms with Crippen molar-refractivity contribution in [2.75, 3.05) is 32.8 Å². The summed E-state index contributed by atoms with van der Waals surface area (Å²) in [7, 11) is 0. The normalized spacial score (nSPS) is 16.3. The van der Waals surface area contributed by atoms with Crippen molar-refractivity contribution in [2.24, 2.45) is 0 Å². The second kappa shape index (κ2) is 11.1. The fraction of sp³-hybridized carbons (Fsp3) is 0.519. The number of hydrogen-bond acceptors (Lipinski definition) is 9. The van der Waals surface area contributed by atoms with Crippen molar-refractivity contribution < 1.29 is 23.4 Å². The number of hydrogen-bond donors (Lipinski definition) is 0. The van der Waals surface area contributed by atoms with E-state index in [2.05, 4.69) is 19.9 Å². The number of likely N-dealkylation sites (tertiary alicyclic amines) is 1. The molecule has 0 bridgehead atoms. The van der Waals surface area contributed by atoms with Crippen LogP contribution in [0, 0.1) is 5.95 Å². The Kier molecular flexibility index (Phi) is 7.65. The van der Waals surface area contributed by atoms with Gasteiger partial charge in [-0.15, -0.1) is 0 Å². The molecule has 2 aliphatic heterocycles. The van der Waals surface area contributed by atoms with E-state index in [-0.39, 0.29) is 29.9 Å². The predicted octanol–water partition coefficient (Wildman–Crippen LogP) is 3.00. The van der Waals surface area contributed by atoms with E-state index < -0.39 is 11.5 Å². The molecule has 0 saturated carbocycles. The third kappa shape index (κ3) is 6.11. The van der Waals surface area contributed by atoms with Gasteiger partial charge < -0.3 is 24.0 Å². The van der Waals surface area contributed by atoms with Gasteiger partial charge in [0.25, 0.3) is 5.56 Å². The van der Waals surface area contributed by atoms with Gasteiger partial charge in [-0.3, -0.25) is 14.3 Å². The minimum atomic E-state index is -0.650. The van der Waals surface area contributed by atoms with Crippen molar-refractivity contribution in [3.8, 4) is 11.5 Å². The number of nitrogens with zero attached hydrogens (tertiary/aromatic N) is 6. The van der Waals surface area contributed by atoms with E-state index in [1.54, 1.807) is 12.3 Å². The number of rotatable bonds is 6. The topological polar surface area (TPSA) is 112 Å². The molecule has 0 N–H and O–H groups in total. The van der Waals surface area contributed by atoms with Gasteiger partial charge in [0.05, 0.1) is 18.1 Å². The molecule has 11 nitrogen and oxygen atoms in total. The molecule has 1 amide bonds. The maximum absolute atomic E-state index is 13.7. The van der Waals surface area contributed by atoms with Gasteiger partial charge >= 0.3 is 6.09 Å². The Hall–Kier alpha value is -3.80. The van der Waals surface area contributed by atoms with Crippen LogP contribution in [0.15, 0.2) is 35.4 Å². The van der Waals surface area contributed by atoms with Crippen LogP contribution >= 0.6 is 0 Å². The minimum absolute atomic E-state index is 0.00205. The summed E-state index contributed by atoms with van der Waals surface area (Å²) in [5.41, 5.74) is 0.546. The van der Waals surface area contributed by atoms with E-state index in [0.29, 0.717) is 49.0 Å². The highest BCUT2D eigenvalue weighted by Gasteiger charge is 2.36. The van der Waals surface area contributed by atoms with Crippen LogP contribution < -0.4 is 15.0 Å². The lowest BCUT2D eigenvalue weighted by atomic mass is 9.97. The molecule has 0 unspecified atom stereocenters. The predicted molar refractivity (Wildman–Crippen MR) is 140 cm³/mol. The number of pyridine rings is 2. The monoisotopic (exact) mass is 540 g/mol. The fourth-order valence-electron chi connectivity index (χ4n) is 5.12. The molecule has 1 fully saturated rings. The first-order chi connectivity index (χ1) is 18.7. The third-order valence-corrected chi connectivity index (χ3v) is 6.97. The molecule has 0 aromatic carbocycles. The zero-order chi connectivity index (χ0) is 27.6. The van der Waals surface area contributed by atoms with E-state index >= 15 is 0 Å². The number of fused-ring (bicyclic) bond motifs is 2. The van der Waals surface area contributed by atoms with Gasteiger partial charge in [-0.1, -0.05) is 0 Å². The standard InChI is InChI=1S/C27H33FN6O5/c1-27(2,3)34(26(36)39-17-18-14-21-22(15-29-18)38-13-12-37-21)19-6-8-32(9-7-19)10-11-33-24(35)16-30-20-4-5-23(28)31-25(20)33/h4-5,14-16,19H,6-13,17H2,1-3H3. The Labute approximate surface area is 225 Å². The van der Waals surface area contributed by atoms with Crippen LogP contribution in [0.5, 0.6) is 11.5 Å². The Morgan fingerprint density at radius 2 is 1.85 bits per heavy atom. The summed E-state index contributed by atoms with van der Waals surface area (Å²) in [5, 5.41) is 0. The van der Waals surface area contributed by atoms with Gasteiger partial charge in [0.15, 0.2) is 17.1 Å². The Balaban J connectivity index is 1.18. The lowest BCUT2D eigenvalue weighted by molar-refractivity contribution is 0.0192. The highest BCUT2D eigenvalue weighted by molar-refractivity contribution is 5.69. The van der Waals surface area contributed by atoms with Gasteiger partial charge in [0.1, 0.15) is 25.3 Å². The van der Waals surface area contributed by atoms with Crippen molar-refractivity contribution >= 4 is 17.3 Å². The molecule has 5 heterocycles. The minimum Gasteiger partial charge on any atom is -0.486 e. The second-order valence-corrected chi connectivity index (χ2v) is 10.7. The molecule has 5 rings (SSSR count). The zero-order valence-corrected chi connectivity index (χ0v) is 22.4. The number of piperidine rings is 1. The molecular formula is C27H33FN6O5. The van der Waals surface area contributed by atoms with Crippen LogP contribution in [0.2, 0.25) is 0 Å². The van der Waals surface area contributed by atoms with Crippen LogP contribution in [0.25, 0.3) is 11.2 Å². The van der Waals surface area contributed by atoms with Crippen LogP contribution in [-0.4, -0.2) is 79.8 Å². The number of amides is 1. The third-order valence-electron chi connectivity index (χ3n) is 6.97. The summed E-state index contributed by atoms with van der Waals surface area (Å²) in [6.45, 7) is 9.43. The van der Waals surface area contributed by atoms with E-state index in [1.807, 2.05) is 25.7 Å². The summed E-state index contributed by atoms with van der Waals surface area (Å²) in [4.78, 5) is 42.0. The average Bonchev–Trinajstić information content (AvgIpc) is 2.91. The van der Waals surface area contributed by atoms with Crippen LogP contribution in [-0.2, 0) is 17.9 Å². The highest BCUT2D eigenvalue weighted by Crippen LogP contribution is 2.30. The zero-order valence-electron chi connectivity index (χ0n) is 22.4. The highest BCUT2D eigenvalue weighted by atomic mass is 19.1. The van der Waals surface area contributed by atoms with Crippen LogP contribution in [0.4, 0.5) is 9.18 Å². The maximum atomic E-state index is 13.7. The number of carbonyl (C=O) groups excluding carboxylic acids is 1. The van der Waals surface area contributed by atoms with E-state index in [9.17, 15) is 14.0 Å². The fourth-order valence-corrected chi connectivity index (χ4v) is 5.12. The molecule has 208 valence electrons. The van der Waals surface area contributed by atoms with Gasteiger partial charge in [0, 0.05) is 43.8 Å². The van der Waals surface area contributed by atoms with Gasteiger partial charge in [-0.25, -0.2) is 9.78 Å². The van der Waals surface area contributed by atoms with Crippen LogP contribution in [0.1, 0.15) is 39.3 Å². The molecule has 3 aromatic rings. The first-order valence-corrected chi connectivity index (χ1v) is 13.1.